The predicted octanol–water partition coefficient (Wildman–Crippen LogP) is 5.11. The Morgan fingerprint density at radius 2 is 1.46 bits per heavy atom. The lowest BCUT2D eigenvalue weighted by Crippen LogP contribution is -2.14. The molecule has 0 aliphatic rings. The molecular weight excluding hydrogens is 505 g/mol. The average Bonchev–Trinajstić information content (AvgIpc) is 2.95. The van der Waals surface area contributed by atoms with Crippen molar-refractivity contribution in [1.82, 2.24) is 0 Å². The number of ether oxygens (including phenoxy) is 5. The first-order valence-electron chi connectivity index (χ1n) is 12.1. The van der Waals surface area contributed by atoms with Crippen LogP contribution in [0.1, 0.15) is 22.8 Å². The van der Waals surface area contributed by atoms with Crippen LogP contribution < -0.4 is 9.47 Å². The van der Waals surface area contributed by atoms with Gasteiger partial charge in [-0.05, 0) is 66.6 Å². The quantitative estimate of drug-likeness (QED) is 0.122. The Morgan fingerprint density at radius 1 is 0.846 bits per heavy atom. The van der Waals surface area contributed by atoms with Gasteiger partial charge in [0.05, 0.1) is 43.6 Å². The zero-order valence-corrected chi connectivity index (χ0v) is 21.5. The fourth-order valence-electron chi connectivity index (χ4n) is 3.20. The minimum absolute atomic E-state index is 0.152. The Hall–Kier alpha value is -4.52. The highest BCUT2D eigenvalue weighted by atomic mass is 19.1. The van der Waals surface area contributed by atoms with Crippen LogP contribution in [0.4, 0.5) is 4.39 Å². The van der Waals surface area contributed by atoms with Gasteiger partial charge in [-0.25, -0.2) is 14.0 Å². The van der Waals surface area contributed by atoms with Crippen LogP contribution in [0.25, 0.3) is 11.1 Å². The molecule has 0 aromatic heterocycles. The van der Waals surface area contributed by atoms with Crippen molar-refractivity contribution in [3.8, 4) is 28.7 Å². The number of esters is 2. The van der Waals surface area contributed by atoms with Gasteiger partial charge in [0, 0.05) is 5.57 Å². The fourth-order valence-corrected chi connectivity index (χ4v) is 3.20. The zero-order valence-electron chi connectivity index (χ0n) is 21.5. The topological polar surface area (TPSA) is 104 Å². The number of rotatable bonds is 14. The normalized spacial score (nSPS) is 10.4. The number of carbonyl (C=O) groups is 2. The molecule has 0 radical (unpaired) electrons. The van der Waals surface area contributed by atoms with Crippen LogP contribution in [-0.2, 0) is 19.0 Å². The number of halogens is 1. The average molecular weight is 534 g/mol. The molecule has 0 aliphatic carbocycles. The first kappa shape index (κ1) is 29.0. The van der Waals surface area contributed by atoms with Crippen molar-refractivity contribution < 1.29 is 37.7 Å². The van der Waals surface area contributed by atoms with Gasteiger partial charge in [-0.3, -0.25) is 0 Å². The van der Waals surface area contributed by atoms with E-state index < -0.39 is 17.8 Å². The second-order valence-corrected chi connectivity index (χ2v) is 8.24. The van der Waals surface area contributed by atoms with Gasteiger partial charge in [-0.15, -0.1) is 0 Å². The van der Waals surface area contributed by atoms with Crippen molar-refractivity contribution in [2.75, 3.05) is 39.6 Å². The van der Waals surface area contributed by atoms with Crippen LogP contribution >= 0.6 is 0 Å². The number of benzene rings is 3. The van der Waals surface area contributed by atoms with Gasteiger partial charge in [0.25, 0.3) is 0 Å². The lowest BCUT2D eigenvalue weighted by Gasteiger charge is -2.10. The molecule has 9 heteroatoms. The van der Waals surface area contributed by atoms with E-state index in [2.05, 4.69) is 6.58 Å². The van der Waals surface area contributed by atoms with Crippen molar-refractivity contribution in [2.45, 2.75) is 6.92 Å². The maximum atomic E-state index is 14.6. The molecule has 39 heavy (non-hydrogen) atoms. The summed E-state index contributed by atoms with van der Waals surface area (Å²) in [5.41, 5.74) is 2.41. The molecule has 0 unspecified atom stereocenters. The van der Waals surface area contributed by atoms with E-state index in [0.29, 0.717) is 42.3 Å². The molecule has 0 aliphatic heterocycles. The van der Waals surface area contributed by atoms with Crippen LogP contribution in [0, 0.1) is 17.1 Å². The Bertz CT molecular complexity index is 1310. The van der Waals surface area contributed by atoms with Crippen LogP contribution in [0.2, 0.25) is 0 Å². The van der Waals surface area contributed by atoms with E-state index in [4.69, 9.17) is 28.9 Å². The van der Waals surface area contributed by atoms with Crippen molar-refractivity contribution >= 4 is 11.9 Å². The maximum absolute atomic E-state index is 14.6. The Morgan fingerprint density at radius 3 is 2.08 bits per heavy atom. The maximum Gasteiger partial charge on any atom is 0.343 e. The highest BCUT2D eigenvalue weighted by Gasteiger charge is 2.13. The van der Waals surface area contributed by atoms with Crippen LogP contribution in [0.5, 0.6) is 11.5 Å². The third-order valence-corrected chi connectivity index (χ3v) is 5.25. The van der Waals surface area contributed by atoms with Gasteiger partial charge in [0.15, 0.2) is 11.6 Å². The Labute approximate surface area is 226 Å². The molecule has 0 atom stereocenters. The standard InChI is InChI=1S/C30H28FNO7/c1-21(2)29(33)38-18-16-36-14-13-35-15-17-37-26-10-7-24(8-11-26)30(34)39-28-12-9-25(19-27(28)31)23-5-3-22(20-32)4-6-23/h3-12,19H,1,13-18H2,2H3. The van der Waals surface area contributed by atoms with E-state index in [-0.39, 0.29) is 31.1 Å². The second-order valence-electron chi connectivity index (χ2n) is 8.24. The molecule has 0 fully saturated rings. The van der Waals surface area contributed by atoms with Gasteiger partial charge >= 0.3 is 11.9 Å². The molecule has 0 saturated heterocycles. The minimum atomic E-state index is -0.704. The monoisotopic (exact) mass is 533 g/mol. The molecule has 3 rings (SSSR count). The number of hydrogen-bond donors (Lipinski definition) is 0. The Kier molecular flexibility index (Phi) is 11.2. The molecule has 3 aromatic carbocycles. The summed E-state index contributed by atoms with van der Waals surface area (Å²) in [6.45, 7) is 6.81. The first-order chi connectivity index (χ1) is 18.9. The van der Waals surface area contributed by atoms with E-state index in [0.717, 1.165) is 5.56 Å². The Balaban J connectivity index is 1.36. The molecule has 0 amide bonds. The third kappa shape index (κ3) is 9.38. The van der Waals surface area contributed by atoms with E-state index in [9.17, 15) is 14.0 Å². The molecule has 0 saturated carbocycles. The summed E-state index contributed by atoms with van der Waals surface area (Å²) in [7, 11) is 0. The van der Waals surface area contributed by atoms with E-state index in [1.807, 2.05) is 6.07 Å². The molecule has 8 nitrogen and oxygen atoms in total. The molecule has 0 heterocycles. The van der Waals surface area contributed by atoms with Crippen LogP contribution in [0.3, 0.4) is 0 Å². The smallest absolute Gasteiger partial charge is 0.343 e. The lowest BCUT2D eigenvalue weighted by molar-refractivity contribution is -0.140. The third-order valence-electron chi connectivity index (χ3n) is 5.25. The highest BCUT2D eigenvalue weighted by molar-refractivity contribution is 5.91. The van der Waals surface area contributed by atoms with E-state index in [1.54, 1.807) is 49.4 Å². The molecule has 0 bridgehead atoms. The summed E-state index contributed by atoms with van der Waals surface area (Å²) >= 11 is 0. The summed E-state index contributed by atoms with van der Waals surface area (Å²) in [6, 6.07) is 19.3. The summed E-state index contributed by atoms with van der Waals surface area (Å²) < 4.78 is 41.0. The molecule has 202 valence electrons. The van der Waals surface area contributed by atoms with Crippen molar-refractivity contribution in [1.29, 1.82) is 5.26 Å². The van der Waals surface area contributed by atoms with Crippen LogP contribution in [0.15, 0.2) is 78.9 Å². The molecule has 0 N–H and O–H groups in total. The van der Waals surface area contributed by atoms with Gasteiger partial charge in [-0.1, -0.05) is 24.8 Å². The molecule has 3 aromatic rings. The van der Waals surface area contributed by atoms with Crippen LogP contribution in [-0.4, -0.2) is 51.6 Å². The summed E-state index contributed by atoms with van der Waals surface area (Å²) in [5, 5.41) is 8.90. The highest BCUT2D eigenvalue weighted by Crippen LogP contribution is 2.26. The van der Waals surface area contributed by atoms with E-state index >= 15 is 0 Å². The summed E-state index contributed by atoms with van der Waals surface area (Å²) in [5.74, 6) is -1.49. The SMILES string of the molecule is C=C(C)C(=O)OCCOCCOCCOc1ccc(C(=O)Oc2ccc(-c3ccc(C#N)cc3)cc2F)cc1. The zero-order chi connectivity index (χ0) is 28.0. The predicted molar refractivity (Wildman–Crippen MR) is 141 cm³/mol. The van der Waals surface area contributed by atoms with Gasteiger partial charge < -0.3 is 23.7 Å². The largest absolute Gasteiger partial charge is 0.491 e. The van der Waals surface area contributed by atoms with Crippen molar-refractivity contribution in [3.63, 3.8) is 0 Å². The second kappa shape index (κ2) is 15.0. The van der Waals surface area contributed by atoms with Gasteiger partial charge in [0.1, 0.15) is 19.0 Å². The summed E-state index contributed by atoms with van der Waals surface area (Å²) in [4.78, 5) is 23.7. The number of nitrogens with zero attached hydrogens (tertiary/aromatic N) is 1. The first-order valence-corrected chi connectivity index (χ1v) is 12.1. The number of carbonyl (C=O) groups excluding carboxylic acids is 2. The fraction of sp³-hybridized carbons (Fsp3) is 0.233. The lowest BCUT2D eigenvalue weighted by atomic mass is 10.0. The number of hydrogen-bond acceptors (Lipinski definition) is 8. The minimum Gasteiger partial charge on any atom is -0.491 e. The van der Waals surface area contributed by atoms with Gasteiger partial charge in [-0.2, -0.15) is 5.26 Å². The summed E-state index contributed by atoms with van der Waals surface area (Å²) in [6.07, 6.45) is 0. The van der Waals surface area contributed by atoms with Crippen molar-refractivity contribution in [3.05, 3.63) is 95.8 Å². The van der Waals surface area contributed by atoms with Gasteiger partial charge in [0.2, 0.25) is 0 Å². The molecule has 0 spiro atoms. The molecular formula is C30H28FNO7. The van der Waals surface area contributed by atoms with E-state index in [1.165, 1.54) is 24.3 Å². The van der Waals surface area contributed by atoms with Crippen molar-refractivity contribution in [2.24, 2.45) is 0 Å². The number of nitriles is 1.